The molecule has 0 N–H and O–H groups in total. The molecule has 6 rings (SSSR count). The Hall–Kier alpha value is -3.46. The molecule has 3 aromatic heterocycles. The van der Waals surface area contributed by atoms with E-state index in [0.717, 1.165) is 33.3 Å². The van der Waals surface area contributed by atoms with Crippen molar-refractivity contribution in [1.29, 1.82) is 0 Å². The van der Waals surface area contributed by atoms with Crippen LogP contribution in [0, 0.1) is 13.8 Å². The highest BCUT2D eigenvalue weighted by molar-refractivity contribution is 6.08. The Morgan fingerprint density at radius 2 is 1.58 bits per heavy atom. The van der Waals surface area contributed by atoms with Gasteiger partial charge >= 0.3 is 0 Å². The third-order valence-electron chi connectivity index (χ3n) is 7.24. The summed E-state index contributed by atoms with van der Waals surface area (Å²) >= 11 is 0. The maximum absolute atomic E-state index is 6.41. The van der Waals surface area contributed by atoms with Crippen molar-refractivity contribution < 1.29 is 4.42 Å². The van der Waals surface area contributed by atoms with Gasteiger partial charge < -0.3 is 4.42 Å². The molecule has 5 aromatic rings. The topological polar surface area (TPSA) is 38.9 Å². The molecule has 3 heterocycles. The second-order valence-corrected chi connectivity index (χ2v) is 9.41. The molecule has 0 amide bonds. The van der Waals surface area contributed by atoms with Crippen LogP contribution in [0.5, 0.6) is 0 Å². The van der Waals surface area contributed by atoms with Crippen LogP contribution in [0.4, 0.5) is 0 Å². The lowest BCUT2D eigenvalue weighted by atomic mass is 9.84. The highest BCUT2D eigenvalue weighted by Gasteiger charge is 2.19. The highest BCUT2D eigenvalue weighted by Crippen LogP contribution is 2.38. The largest absolute Gasteiger partial charge is 0.437 e. The van der Waals surface area contributed by atoms with Gasteiger partial charge in [-0.15, -0.1) is 0 Å². The molecule has 0 aliphatic heterocycles. The Balaban J connectivity index is 1.48. The monoisotopic (exact) mass is 432 g/mol. The van der Waals surface area contributed by atoms with Gasteiger partial charge in [-0.05, 0) is 79.6 Å². The molecule has 3 heteroatoms. The first-order valence-electron chi connectivity index (χ1n) is 12.0. The lowest BCUT2D eigenvalue weighted by molar-refractivity contribution is 0.443. The number of pyridine rings is 2. The van der Waals surface area contributed by atoms with Crippen LogP contribution < -0.4 is 0 Å². The maximum atomic E-state index is 6.41. The van der Waals surface area contributed by atoms with E-state index in [4.69, 9.17) is 14.4 Å². The van der Waals surface area contributed by atoms with Crippen molar-refractivity contribution in [3.8, 4) is 22.5 Å². The minimum Gasteiger partial charge on any atom is -0.437 e. The number of hydrogen-bond acceptors (Lipinski definition) is 3. The molecule has 1 fully saturated rings. The van der Waals surface area contributed by atoms with E-state index in [9.17, 15) is 0 Å². The van der Waals surface area contributed by atoms with Gasteiger partial charge in [-0.1, -0.05) is 49.6 Å². The molecule has 0 saturated heterocycles. The van der Waals surface area contributed by atoms with Crippen molar-refractivity contribution in [1.82, 2.24) is 9.97 Å². The number of furan rings is 1. The summed E-state index contributed by atoms with van der Waals surface area (Å²) in [4.78, 5) is 9.68. The predicted octanol–water partition coefficient (Wildman–Crippen LogP) is 8.37. The lowest BCUT2D eigenvalue weighted by Crippen LogP contribution is -2.04. The van der Waals surface area contributed by atoms with Gasteiger partial charge in [-0.3, -0.25) is 4.98 Å². The Morgan fingerprint density at radius 3 is 2.39 bits per heavy atom. The van der Waals surface area contributed by atoms with Gasteiger partial charge in [-0.25, -0.2) is 4.98 Å². The van der Waals surface area contributed by atoms with Gasteiger partial charge in [-0.2, -0.15) is 0 Å². The van der Waals surface area contributed by atoms with E-state index in [1.807, 2.05) is 6.20 Å². The van der Waals surface area contributed by atoms with E-state index in [0.29, 0.717) is 11.6 Å². The van der Waals surface area contributed by atoms with E-state index in [1.54, 1.807) is 0 Å². The van der Waals surface area contributed by atoms with Crippen LogP contribution in [0.2, 0.25) is 0 Å². The number of nitrogens with zero attached hydrogens (tertiary/aromatic N) is 2. The van der Waals surface area contributed by atoms with Gasteiger partial charge in [0.05, 0.1) is 11.4 Å². The van der Waals surface area contributed by atoms with Crippen molar-refractivity contribution in [3.63, 3.8) is 0 Å². The minimum atomic E-state index is 0.650. The molecular weight excluding hydrogens is 404 g/mol. The molecule has 3 nitrogen and oxygen atoms in total. The predicted molar refractivity (Wildman–Crippen MR) is 135 cm³/mol. The van der Waals surface area contributed by atoms with Crippen LogP contribution >= 0.6 is 0 Å². The van der Waals surface area contributed by atoms with E-state index in [-0.39, 0.29) is 0 Å². The molecule has 0 radical (unpaired) electrons. The summed E-state index contributed by atoms with van der Waals surface area (Å²) in [5.74, 6) is 0.650. The van der Waals surface area contributed by atoms with E-state index in [1.165, 1.54) is 54.4 Å². The normalized spacial score (nSPS) is 14.8. The summed E-state index contributed by atoms with van der Waals surface area (Å²) in [6, 6.07) is 21.4. The Kier molecular flexibility index (Phi) is 4.98. The number of rotatable bonds is 3. The summed E-state index contributed by atoms with van der Waals surface area (Å²) in [6.45, 7) is 4.27. The molecule has 1 saturated carbocycles. The molecule has 1 aliphatic carbocycles. The van der Waals surface area contributed by atoms with Gasteiger partial charge in [0.25, 0.3) is 0 Å². The average molecular weight is 433 g/mol. The van der Waals surface area contributed by atoms with Crippen LogP contribution in [0.15, 0.2) is 71.3 Å². The summed E-state index contributed by atoms with van der Waals surface area (Å²) in [6.07, 6.45) is 8.54. The molecule has 0 atom stereocenters. The fourth-order valence-corrected chi connectivity index (χ4v) is 5.52. The summed E-state index contributed by atoms with van der Waals surface area (Å²) in [7, 11) is 0. The molecule has 0 unspecified atom stereocenters. The third-order valence-corrected chi connectivity index (χ3v) is 7.24. The molecular formula is C30H28N2O. The Bertz CT molecular complexity index is 1450. The fourth-order valence-electron chi connectivity index (χ4n) is 5.52. The number of para-hydroxylation sites is 1. The van der Waals surface area contributed by atoms with Crippen LogP contribution in [0.1, 0.15) is 54.7 Å². The van der Waals surface area contributed by atoms with Crippen molar-refractivity contribution in [2.75, 3.05) is 0 Å². The van der Waals surface area contributed by atoms with Crippen molar-refractivity contribution in [2.24, 2.45) is 0 Å². The zero-order valence-corrected chi connectivity index (χ0v) is 19.3. The molecule has 0 spiro atoms. The minimum absolute atomic E-state index is 0.650. The second kappa shape index (κ2) is 8.15. The van der Waals surface area contributed by atoms with Crippen molar-refractivity contribution in [2.45, 2.75) is 51.9 Å². The van der Waals surface area contributed by atoms with E-state index < -0.39 is 0 Å². The number of aromatic nitrogens is 2. The summed E-state index contributed by atoms with van der Waals surface area (Å²) in [5, 5.41) is 2.14. The number of aryl methyl sites for hydroxylation is 2. The number of benzene rings is 2. The van der Waals surface area contributed by atoms with Gasteiger partial charge in [0.15, 0.2) is 0 Å². The smallest absolute Gasteiger partial charge is 0.227 e. The van der Waals surface area contributed by atoms with Crippen molar-refractivity contribution >= 4 is 22.1 Å². The molecule has 0 bridgehead atoms. The van der Waals surface area contributed by atoms with Gasteiger partial charge in [0.2, 0.25) is 5.71 Å². The van der Waals surface area contributed by atoms with Crippen LogP contribution in [-0.2, 0) is 0 Å². The van der Waals surface area contributed by atoms with Crippen LogP contribution in [0.3, 0.4) is 0 Å². The van der Waals surface area contributed by atoms with Gasteiger partial charge in [0, 0.05) is 28.1 Å². The quantitative estimate of drug-likeness (QED) is 0.287. The molecule has 33 heavy (non-hydrogen) atoms. The lowest BCUT2D eigenvalue weighted by Gasteiger charge is -2.22. The first-order chi connectivity index (χ1) is 16.2. The average Bonchev–Trinajstić information content (AvgIpc) is 3.23. The standard InChI is InChI=1S/C30H28N2O/c1-19-8-6-9-20(2)28(19)26-15-14-24-23-12-7-13-25(29(23)33-30(24)32-26)27-18-22(16-17-31-27)21-10-4-3-5-11-21/h6-9,12-18,21H,3-5,10-11H2,1-2H3. The Morgan fingerprint density at radius 1 is 0.788 bits per heavy atom. The molecule has 164 valence electrons. The molecule has 2 aromatic carbocycles. The first-order valence-corrected chi connectivity index (χ1v) is 12.0. The van der Waals surface area contributed by atoms with E-state index in [2.05, 4.69) is 74.5 Å². The van der Waals surface area contributed by atoms with Crippen LogP contribution in [-0.4, -0.2) is 9.97 Å². The number of fused-ring (bicyclic) bond motifs is 3. The number of hydrogen-bond donors (Lipinski definition) is 0. The van der Waals surface area contributed by atoms with E-state index >= 15 is 0 Å². The Labute approximate surface area is 194 Å². The van der Waals surface area contributed by atoms with Gasteiger partial charge in [0.1, 0.15) is 5.58 Å². The summed E-state index contributed by atoms with van der Waals surface area (Å²) in [5.41, 5.74) is 9.56. The van der Waals surface area contributed by atoms with Crippen molar-refractivity contribution in [3.05, 3.63) is 83.6 Å². The third kappa shape index (κ3) is 3.52. The zero-order chi connectivity index (χ0) is 22.4. The van der Waals surface area contributed by atoms with Crippen LogP contribution in [0.25, 0.3) is 44.6 Å². The SMILES string of the molecule is Cc1cccc(C)c1-c1ccc2c(n1)oc1c(-c3cc(C4CCCCC4)ccn3)cccc12. The fraction of sp³-hybridized carbons (Fsp3) is 0.267. The summed E-state index contributed by atoms with van der Waals surface area (Å²) < 4.78 is 6.41. The molecule has 1 aliphatic rings. The maximum Gasteiger partial charge on any atom is 0.227 e. The zero-order valence-electron chi connectivity index (χ0n) is 19.3. The highest BCUT2D eigenvalue weighted by atomic mass is 16.3. The second-order valence-electron chi connectivity index (χ2n) is 9.41. The first kappa shape index (κ1) is 20.2.